The molecule has 138 valence electrons. The summed E-state index contributed by atoms with van der Waals surface area (Å²) in [5.41, 5.74) is 5.04. The lowest BCUT2D eigenvalue weighted by Crippen LogP contribution is -2.30. The molecule has 2 heterocycles. The molecule has 27 heavy (non-hydrogen) atoms. The van der Waals surface area contributed by atoms with Crippen LogP contribution in [0.15, 0.2) is 47.3 Å². The Balaban J connectivity index is 1.89. The maximum atomic E-state index is 12.8. The molecular weight excluding hydrogens is 356 g/mol. The minimum Gasteiger partial charge on any atom is -0.355 e. The average molecular weight is 379 g/mol. The number of aromatic nitrogens is 3. The number of fused-ring (bicyclic) bond motifs is 3. The lowest BCUT2D eigenvalue weighted by Gasteiger charge is -2.29. The average Bonchev–Trinajstić information content (AvgIpc) is 2.68. The van der Waals surface area contributed by atoms with Crippen LogP contribution in [-0.4, -0.2) is 20.5 Å². The van der Waals surface area contributed by atoms with Crippen molar-refractivity contribution in [3.8, 4) is 22.6 Å². The number of hydrogen-bond donors (Lipinski definition) is 1. The third-order valence-electron chi connectivity index (χ3n) is 4.76. The van der Waals surface area contributed by atoms with Gasteiger partial charge >= 0.3 is 0 Å². The van der Waals surface area contributed by atoms with Crippen LogP contribution in [-0.2, 0) is 0 Å². The first-order valence-electron chi connectivity index (χ1n) is 9.14. The molecule has 0 aliphatic carbocycles. The number of benzene rings is 2. The zero-order valence-electron chi connectivity index (χ0n) is 15.7. The molecule has 0 spiro atoms. The fraction of sp³-hybridized carbons (Fsp3) is 0.286. The van der Waals surface area contributed by atoms with Crippen molar-refractivity contribution in [1.29, 1.82) is 0 Å². The van der Waals surface area contributed by atoms with Crippen molar-refractivity contribution in [2.24, 2.45) is 0 Å². The zero-order valence-corrected chi connectivity index (χ0v) is 16.5. The number of nitrogens with zero attached hydrogens (tertiary/aromatic N) is 3. The summed E-state index contributed by atoms with van der Waals surface area (Å²) < 4.78 is 1.86. The van der Waals surface area contributed by atoms with Gasteiger partial charge in [-0.25, -0.2) is 4.68 Å². The van der Waals surface area contributed by atoms with E-state index in [-0.39, 0.29) is 11.1 Å². The molecule has 1 aliphatic heterocycles. The van der Waals surface area contributed by atoms with E-state index in [1.807, 2.05) is 54.1 Å². The summed E-state index contributed by atoms with van der Waals surface area (Å²) in [6.07, 6.45) is 1.07. The first kappa shape index (κ1) is 17.8. The molecule has 0 saturated carbocycles. The highest BCUT2D eigenvalue weighted by Crippen LogP contribution is 2.38. The SMILES string of the molecule is CCCS[C@H]1Nc2ccccc2-c2nc(=O)c(-c3ccc(C)c(C)c3)nn21. The van der Waals surface area contributed by atoms with Crippen molar-refractivity contribution in [3.05, 3.63) is 63.9 Å². The molecule has 0 fully saturated rings. The Bertz CT molecular complexity index is 1060. The van der Waals surface area contributed by atoms with Gasteiger partial charge in [-0.1, -0.05) is 31.2 Å². The van der Waals surface area contributed by atoms with Crippen molar-refractivity contribution in [3.63, 3.8) is 0 Å². The number of aryl methyl sites for hydroxylation is 2. The van der Waals surface area contributed by atoms with Gasteiger partial charge in [0.1, 0.15) is 0 Å². The van der Waals surface area contributed by atoms with Gasteiger partial charge in [0.05, 0.1) is 0 Å². The second kappa shape index (κ2) is 7.19. The standard InChI is InChI=1S/C21H22N4OS/c1-4-11-27-21-22-17-8-6-5-7-16(17)19-23-20(26)18(24-25(19)21)15-10-9-13(2)14(3)12-15/h5-10,12,21-22H,4,11H2,1-3H3/t21-/m0/s1. The van der Waals surface area contributed by atoms with Crippen LogP contribution in [0.2, 0.25) is 0 Å². The first-order chi connectivity index (χ1) is 13.1. The normalized spacial score (nSPS) is 15.0. The molecule has 4 rings (SSSR count). The number of thioether (sulfide) groups is 1. The molecule has 3 aromatic rings. The Kier molecular flexibility index (Phi) is 4.74. The summed E-state index contributed by atoms with van der Waals surface area (Å²) in [4.78, 5) is 17.2. The second-order valence-corrected chi connectivity index (χ2v) is 7.93. The minimum atomic E-state index is -0.291. The predicted molar refractivity (Wildman–Crippen MR) is 112 cm³/mol. The maximum absolute atomic E-state index is 12.8. The Hall–Kier alpha value is -2.60. The first-order valence-corrected chi connectivity index (χ1v) is 10.2. The summed E-state index contributed by atoms with van der Waals surface area (Å²) in [5, 5.41) is 8.27. The van der Waals surface area contributed by atoms with Crippen LogP contribution < -0.4 is 10.9 Å². The molecule has 1 N–H and O–H groups in total. The van der Waals surface area contributed by atoms with Crippen LogP contribution in [0.25, 0.3) is 22.6 Å². The molecule has 5 nitrogen and oxygen atoms in total. The molecular formula is C21H22N4OS. The molecule has 0 unspecified atom stereocenters. The highest BCUT2D eigenvalue weighted by Gasteiger charge is 2.26. The fourth-order valence-corrected chi connectivity index (χ4v) is 4.11. The monoisotopic (exact) mass is 378 g/mol. The van der Waals surface area contributed by atoms with E-state index in [0.717, 1.165) is 34.6 Å². The van der Waals surface area contributed by atoms with Crippen LogP contribution in [0, 0.1) is 13.8 Å². The Morgan fingerprint density at radius 1 is 1.15 bits per heavy atom. The van der Waals surface area contributed by atoms with Crippen LogP contribution >= 0.6 is 11.8 Å². The third kappa shape index (κ3) is 3.25. The van der Waals surface area contributed by atoms with E-state index in [4.69, 9.17) is 5.10 Å². The van der Waals surface area contributed by atoms with E-state index < -0.39 is 0 Å². The quantitative estimate of drug-likeness (QED) is 0.718. The summed E-state index contributed by atoms with van der Waals surface area (Å²) >= 11 is 1.77. The molecule has 0 saturated heterocycles. The molecule has 1 aliphatic rings. The summed E-state index contributed by atoms with van der Waals surface area (Å²) in [6, 6.07) is 13.9. The number of nitrogens with one attached hydrogen (secondary N) is 1. The van der Waals surface area contributed by atoms with Gasteiger partial charge in [-0.05, 0) is 55.3 Å². The summed E-state index contributed by atoms with van der Waals surface area (Å²) in [6.45, 7) is 6.26. The number of rotatable bonds is 4. The topological polar surface area (TPSA) is 59.8 Å². The molecule has 1 aromatic heterocycles. The van der Waals surface area contributed by atoms with Crippen LogP contribution in [0.4, 0.5) is 5.69 Å². The third-order valence-corrected chi connectivity index (χ3v) is 6.04. The van der Waals surface area contributed by atoms with Gasteiger partial charge in [0.25, 0.3) is 5.56 Å². The van der Waals surface area contributed by atoms with E-state index in [2.05, 4.69) is 24.1 Å². The predicted octanol–water partition coefficient (Wildman–Crippen LogP) is 4.61. The van der Waals surface area contributed by atoms with Crippen LogP contribution in [0.1, 0.15) is 30.0 Å². The molecule has 6 heteroatoms. The summed E-state index contributed by atoms with van der Waals surface area (Å²) in [5.74, 6) is 1.61. The largest absolute Gasteiger partial charge is 0.355 e. The van der Waals surface area contributed by atoms with Gasteiger partial charge in [0.15, 0.2) is 17.0 Å². The number of anilines is 1. The highest BCUT2D eigenvalue weighted by atomic mass is 32.2. The van der Waals surface area contributed by atoms with Gasteiger partial charge in [0, 0.05) is 16.8 Å². The van der Waals surface area contributed by atoms with E-state index in [1.165, 1.54) is 5.56 Å². The lowest BCUT2D eigenvalue weighted by atomic mass is 10.0. The molecule has 0 radical (unpaired) electrons. The zero-order chi connectivity index (χ0) is 19.0. The van der Waals surface area contributed by atoms with Crippen LogP contribution in [0.5, 0.6) is 0 Å². The van der Waals surface area contributed by atoms with E-state index in [1.54, 1.807) is 11.8 Å². The van der Waals surface area contributed by atoms with Gasteiger partial charge in [-0.2, -0.15) is 10.1 Å². The molecule has 0 amide bonds. The molecule has 0 bridgehead atoms. The lowest BCUT2D eigenvalue weighted by molar-refractivity contribution is 0.616. The van der Waals surface area contributed by atoms with Crippen LogP contribution in [0.3, 0.4) is 0 Å². The highest BCUT2D eigenvalue weighted by molar-refractivity contribution is 7.99. The Morgan fingerprint density at radius 3 is 2.74 bits per heavy atom. The number of hydrogen-bond acceptors (Lipinski definition) is 5. The van der Waals surface area contributed by atoms with E-state index in [9.17, 15) is 4.79 Å². The van der Waals surface area contributed by atoms with Crippen molar-refractivity contribution in [2.45, 2.75) is 32.7 Å². The van der Waals surface area contributed by atoms with Crippen molar-refractivity contribution >= 4 is 17.4 Å². The smallest absolute Gasteiger partial charge is 0.300 e. The number of para-hydroxylation sites is 1. The molecule has 1 atom stereocenters. The molecule has 2 aromatic carbocycles. The maximum Gasteiger partial charge on any atom is 0.300 e. The van der Waals surface area contributed by atoms with Gasteiger partial charge in [0.2, 0.25) is 0 Å². The van der Waals surface area contributed by atoms with E-state index in [0.29, 0.717) is 11.5 Å². The fourth-order valence-electron chi connectivity index (χ4n) is 3.16. The van der Waals surface area contributed by atoms with Gasteiger partial charge in [-0.3, -0.25) is 4.79 Å². The van der Waals surface area contributed by atoms with E-state index >= 15 is 0 Å². The Labute approximate surface area is 162 Å². The van der Waals surface area contributed by atoms with Crippen molar-refractivity contribution < 1.29 is 0 Å². The van der Waals surface area contributed by atoms with Crippen molar-refractivity contribution in [1.82, 2.24) is 14.8 Å². The van der Waals surface area contributed by atoms with Gasteiger partial charge in [-0.15, -0.1) is 11.8 Å². The summed E-state index contributed by atoms with van der Waals surface area (Å²) in [7, 11) is 0. The van der Waals surface area contributed by atoms with Gasteiger partial charge < -0.3 is 5.32 Å². The minimum absolute atomic E-state index is 0.0896. The van der Waals surface area contributed by atoms with Crippen molar-refractivity contribution in [2.75, 3.05) is 11.1 Å². The second-order valence-electron chi connectivity index (χ2n) is 6.75. The Morgan fingerprint density at radius 2 is 1.96 bits per heavy atom.